The Morgan fingerprint density at radius 2 is 1.21 bits per heavy atom. The molecular formula is C58H42N4O. The summed E-state index contributed by atoms with van der Waals surface area (Å²) in [5, 5.41) is 3.56. The Bertz CT molecular complexity index is 3530. The summed E-state index contributed by atoms with van der Waals surface area (Å²) in [6.07, 6.45) is 10.7. The molecule has 1 unspecified atom stereocenters. The summed E-state index contributed by atoms with van der Waals surface area (Å²) in [5.74, 6) is 2.46. The van der Waals surface area contributed by atoms with Crippen LogP contribution in [0.4, 0.5) is 17.1 Å². The number of nitrogens with zero attached hydrogens (tertiary/aromatic N) is 3. The van der Waals surface area contributed by atoms with Crippen molar-refractivity contribution in [3.8, 4) is 39.6 Å². The standard InChI is InChI=1S/C58H42N4O/c1-38(40-19-16-22-43(35-40)61-49-27-10-6-23-44(49)48-36-41-34-33-39-18-5-14-31-54(39)63-55(41)37-53(48)61)17-15-32-56(59)62-51-29-12-8-25-46(51)57-45-24-7-11-28-50(45)60(42-20-3-2-4-21-42)52-30-13-9-26-47(52)58(57)62/h2-38H,59H2,1H3/b17-15-,56-32+. The molecule has 0 saturated heterocycles. The first-order valence-electron chi connectivity index (χ1n) is 21.5. The lowest BCUT2D eigenvalue weighted by Gasteiger charge is -2.27. The number of fused-ring (bicyclic) bond motifs is 12. The molecule has 0 fully saturated rings. The van der Waals surface area contributed by atoms with Crippen molar-refractivity contribution in [3.63, 3.8) is 0 Å². The fourth-order valence-corrected chi connectivity index (χ4v) is 9.74. The first-order chi connectivity index (χ1) is 31.1. The van der Waals surface area contributed by atoms with Crippen molar-refractivity contribution in [2.45, 2.75) is 12.8 Å². The van der Waals surface area contributed by atoms with Crippen molar-refractivity contribution in [1.29, 1.82) is 0 Å². The molecule has 63 heavy (non-hydrogen) atoms. The zero-order valence-corrected chi connectivity index (χ0v) is 34.7. The fraction of sp³-hybridized carbons (Fsp3) is 0.0345. The third kappa shape index (κ3) is 5.93. The Morgan fingerprint density at radius 3 is 2.06 bits per heavy atom. The van der Waals surface area contributed by atoms with Crippen LogP contribution in [0.1, 0.15) is 29.5 Å². The number of aromatic nitrogens is 2. The van der Waals surface area contributed by atoms with E-state index in [-0.39, 0.29) is 5.92 Å². The normalized spacial score (nSPS) is 13.5. The molecule has 12 rings (SSSR count). The van der Waals surface area contributed by atoms with Crippen LogP contribution in [-0.4, -0.2) is 9.13 Å². The van der Waals surface area contributed by atoms with E-state index in [2.05, 4.69) is 215 Å². The average Bonchev–Trinajstić information content (AvgIpc) is 3.72. The Labute approximate surface area is 366 Å². The van der Waals surface area contributed by atoms with Crippen molar-refractivity contribution in [2.75, 3.05) is 4.90 Å². The van der Waals surface area contributed by atoms with Gasteiger partial charge in [0.15, 0.2) is 0 Å². The van der Waals surface area contributed by atoms with Gasteiger partial charge in [0.1, 0.15) is 17.3 Å². The van der Waals surface area contributed by atoms with Gasteiger partial charge in [-0.05, 0) is 78.2 Å². The highest BCUT2D eigenvalue weighted by atomic mass is 16.5. The predicted molar refractivity (Wildman–Crippen MR) is 263 cm³/mol. The van der Waals surface area contributed by atoms with Gasteiger partial charge in [-0.2, -0.15) is 0 Å². The van der Waals surface area contributed by atoms with Gasteiger partial charge in [-0.1, -0.05) is 153 Å². The number of hydrogen-bond donors (Lipinski definition) is 1. The fourth-order valence-electron chi connectivity index (χ4n) is 9.74. The number of allylic oxidation sites excluding steroid dienone is 3. The maximum absolute atomic E-state index is 7.25. The van der Waals surface area contributed by atoms with E-state index in [0.717, 1.165) is 84.1 Å². The zero-order valence-electron chi connectivity index (χ0n) is 34.7. The van der Waals surface area contributed by atoms with Gasteiger partial charge in [0.25, 0.3) is 0 Å². The van der Waals surface area contributed by atoms with Gasteiger partial charge in [-0.25, -0.2) is 0 Å². The highest BCUT2D eigenvalue weighted by Crippen LogP contribution is 2.54. The summed E-state index contributed by atoms with van der Waals surface area (Å²) in [7, 11) is 0. The summed E-state index contributed by atoms with van der Waals surface area (Å²) < 4.78 is 11.2. The van der Waals surface area contributed by atoms with Crippen molar-refractivity contribution >= 4 is 67.7 Å². The van der Waals surface area contributed by atoms with Crippen LogP contribution in [0.2, 0.25) is 0 Å². The molecule has 0 radical (unpaired) electrons. The first kappa shape index (κ1) is 36.6. The average molecular weight is 811 g/mol. The number of hydrogen-bond acceptors (Lipinski definition) is 3. The molecule has 4 heterocycles. The van der Waals surface area contributed by atoms with Crippen LogP contribution < -0.4 is 15.4 Å². The lowest BCUT2D eigenvalue weighted by atomic mass is 9.98. The molecule has 5 nitrogen and oxygen atoms in total. The van der Waals surface area contributed by atoms with Gasteiger partial charge in [0, 0.05) is 61.4 Å². The third-order valence-electron chi connectivity index (χ3n) is 12.7. The molecule has 300 valence electrons. The summed E-state index contributed by atoms with van der Waals surface area (Å²) in [6.45, 7) is 2.24. The van der Waals surface area contributed by atoms with Crippen LogP contribution in [0, 0.1) is 0 Å². The smallest absolute Gasteiger partial charge is 0.136 e. The summed E-state index contributed by atoms with van der Waals surface area (Å²) >= 11 is 0. The van der Waals surface area contributed by atoms with E-state index in [1.807, 2.05) is 24.3 Å². The van der Waals surface area contributed by atoms with Crippen LogP contribution in [0.3, 0.4) is 0 Å². The molecule has 2 N–H and O–H groups in total. The Balaban J connectivity index is 0.935. The molecular weight excluding hydrogens is 769 g/mol. The van der Waals surface area contributed by atoms with Gasteiger partial charge >= 0.3 is 0 Å². The van der Waals surface area contributed by atoms with Crippen LogP contribution in [-0.2, 0) is 0 Å². The Kier molecular flexibility index (Phi) is 8.54. The highest BCUT2D eigenvalue weighted by Gasteiger charge is 2.31. The molecule has 1 atom stereocenters. The minimum absolute atomic E-state index is 0.105. The van der Waals surface area contributed by atoms with Crippen LogP contribution in [0.15, 0.2) is 206 Å². The summed E-state index contributed by atoms with van der Waals surface area (Å²) in [5.41, 5.74) is 22.9. The zero-order chi connectivity index (χ0) is 42.0. The molecule has 0 bridgehead atoms. The lowest BCUT2D eigenvalue weighted by Crippen LogP contribution is -2.11. The lowest BCUT2D eigenvalue weighted by molar-refractivity contribution is 0.482. The molecule has 10 aromatic rings. The molecule has 0 amide bonds. The van der Waals surface area contributed by atoms with Crippen molar-refractivity contribution in [1.82, 2.24) is 9.13 Å². The molecule has 2 aliphatic rings. The second kappa shape index (κ2) is 14.7. The molecule has 5 heteroatoms. The minimum atomic E-state index is 0.105. The number of nitrogens with two attached hydrogens (primary N) is 1. The van der Waals surface area contributed by atoms with Crippen LogP contribution in [0.25, 0.3) is 78.8 Å². The summed E-state index contributed by atoms with van der Waals surface area (Å²) in [4.78, 5) is 2.37. The van der Waals surface area contributed by atoms with E-state index in [9.17, 15) is 0 Å². The van der Waals surface area contributed by atoms with Gasteiger partial charge in [-0.3, -0.25) is 4.57 Å². The quantitative estimate of drug-likeness (QED) is 0.170. The van der Waals surface area contributed by atoms with Crippen LogP contribution >= 0.6 is 0 Å². The van der Waals surface area contributed by atoms with Crippen molar-refractivity contribution in [2.24, 2.45) is 5.73 Å². The number of para-hydroxylation sites is 6. The molecule has 2 aromatic heterocycles. The van der Waals surface area contributed by atoms with Crippen LogP contribution in [0.5, 0.6) is 11.5 Å². The molecule has 8 aromatic carbocycles. The van der Waals surface area contributed by atoms with E-state index in [1.165, 1.54) is 21.9 Å². The topological polar surface area (TPSA) is 48.3 Å². The van der Waals surface area contributed by atoms with Gasteiger partial charge < -0.3 is 19.9 Å². The monoisotopic (exact) mass is 810 g/mol. The Morgan fingerprint density at radius 1 is 0.540 bits per heavy atom. The van der Waals surface area contributed by atoms with E-state index in [0.29, 0.717) is 5.82 Å². The number of ether oxygens (including phenoxy) is 1. The van der Waals surface area contributed by atoms with E-state index >= 15 is 0 Å². The minimum Gasteiger partial charge on any atom is -0.456 e. The highest BCUT2D eigenvalue weighted by molar-refractivity contribution is 6.14. The number of anilines is 3. The predicted octanol–water partition coefficient (Wildman–Crippen LogP) is 15.2. The van der Waals surface area contributed by atoms with Gasteiger partial charge in [0.05, 0.1) is 33.6 Å². The number of benzene rings is 8. The summed E-state index contributed by atoms with van der Waals surface area (Å²) in [6, 6.07) is 66.8. The number of rotatable bonds is 6. The largest absolute Gasteiger partial charge is 0.456 e. The maximum atomic E-state index is 7.25. The molecule has 0 saturated carbocycles. The van der Waals surface area contributed by atoms with Crippen molar-refractivity contribution < 1.29 is 4.74 Å². The van der Waals surface area contributed by atoms with E-state index < -0.39 is 0 Å². The first-order valence-corrected chi connectivity index (χ1v) is 21.5. The van der Waals surface area contributed by atoms with Gasteiger partial charge in [0.2, 0.25) is 0 Å². The maximum Gasteiger partial charge on any atom is 0.136 e. The molecule has 0 aliphatic carbocycles. The second-order valence-corrected chi connectivity index (χ2v) is 16.4. The SMILES string of the molecule is CC(/C=C\C=C(/N)n1c2c(c3ccccc31)-c1ccccc1N(c1ccccc1)c1ccccc1-2)c1cccc(-n2c3ccccc3c3cc4c(cc32)Oc2ccccc2C=C4)c1. The van der Waals surface area contributed by atoms with E-state index in [4.69, 9.17) is 10.5 Å². The molecule has 0 spiro atoms. The second-order valence-electron chi connectivity index (χ2n) is 16.4. The third-order valence-corrected chi connectivity index (χ3v) is 12.7. The Hall–Kier alpha value is -8.28. The van der Waals surface area contributed by atoms with Crippen molar-refractivity contribution in [3.05, 3.63) is 223 Å². The molecule has 2 aliphatic heterocycles. The van der Waals surface area contributed by atoms with Gasteiger partial charge in [-0.15, -0.1) is 0 Å². The van der Waals surface area contributed by atoms with E-state index in [1.54, 1.807) is 0 Å².